The van der Waals surface area contributed by atoms with Gasteiger partial charge >= 0.3 is 11.9 Å². The first-order chi connectivity index (χ1) is 10.0. The number of rotatable bonds is 7. The number of ether oxygens (including phenoxy) is 2. The molecule has 0 N–H and O–H groups in total. The van der Waals surface area contributed by atoms with E-state index in [0.717, 1.165) is 11.6 Å². The van der Waals surface area contributed by atoms with E-state index in [2.05, 4.69) is 25.2 Å². The second kappa shape index (κ2) is 8.74. The summed E-state index contributed by atoms with van der Waals surface area (Å²) in [4.78, 5) is 22.2. The highest BCUT2D eigenvalue weighted by Gasteiger charge is 2.00. The highest BCUT2D eigenvalue weighted by Crippen LogP contribution is 2.15. The van der Waals surface area contributed by atoms with Crippen LogP contribution in [0.2, 0.25) is 0 Å². The molecular formula is C17H20O4. The van der Waals surface area contributed by atoms with Gasteiger partial charge in [0, 0.05) is 12.2 Å². The van der Waals surface area contributed by atoms with Crippen molar-refractivity contribution in [3.63, 3.8) is 0 Å². The van der Waals surface area contributed by atoms with Gasteiger partial charge in [-0.05, 0) is 23.1 Å². The van der Waals surface area contributed by atoms with Crippen LogP contribution in [0.1, 0.15) is 30.9 Å². The van der Waals surface area contributed by atoms with Gasteiger partial charge in [-0.3, -0.25) is 0 Å². The second-order valence-electron chi connectivity index (χ2n) is 4.69. The number of esters is 2. The third kappa shape index (κ3) is 6.56. The highest BCUT2D eigenvalue weighted by molar-refractivity contribution is 5.87. The molecule has 0 aliphatic carbocycles. The van der Waals surface area contributed by atoms with Gasteiger partial charge in [0.05, 0.1) is 0 Å². The van der Waals surface area contributed by atoms with Crippen molar-refractivity contribution < 1.29 is 19.1 Å². The average Bonchev–Trinajstić information content (AvgIpc) is 2.49. The van der Waals surface area contributed by atoms with Gasteiger partial charge in [-0.25, -0.2) is 9.59 Å². The molecule has 1 aromatic carbocycles. The summed E-state index contributed by atoms with van der Waals surface area (Å²) in [6, 6.07) is 7.96. The molecule has 0 saturated carbocycles. The maximum Gasteiger partial charge on any atom is 0.330 e. The van der Waals surface area contributed by atoms with E-state index in [1.165, 1.54) is 11.6 Å². The molecule has 0 saturated heterocycles. The molecule has 0 aliphatic heterocycles. The molecular weight excluding hydrogens is 268 g/mol. The van der Waals surface area contributed by atoms with Crippen LogP contribution in [0.3, 0.4) is 0 Å². The van der Waals surface area contributed by atoms with E-state index < -0.39 is 11.9 Å². The van der Waals surface area contributed by atoms with Crippen LogP contribution in [-0.4, -0.2) is 25.2 Å². The largest absolute Gasteiger partial charge is 0.459 e. The second-order valence-corrected chi connectivity index (χ2v) is 4.69. The maximum absolute atomic E-state index is 11.4. The molecule has 4 nitrogen and oxygen atoms in total. The van der Waals surface area contributed by atoms with Gasteiger partial charge < -0.3 is 9.47 Å². The Morgan fingerprint density at radius 3 is 2.19 bits per heavy atom. The molecule has 0 atom stereocenters. The maximum atomic E-state index is 11.4. The van der Waals surface area contributed by atoms with Gasteiger partial charge in [0.25, 0.3) is 0 Å². The molecule has 0 amide bonds. The minimum Gasteiger partial charge on any atom is -0.459 e. The van der Waals surface area contributed by atoms with E-state index in [1.807, 2.05) is 24.3 Å². The molecule has 0 aliphatic rings. The molecule has 1 rings (SSSR count). The smallest absolute Gasteiger partial charge is 0.330 e. The lowest BCUT2D eigenvalue weighted by atomic mass is 10.0. The van der Waals surface area contributed by atoms with Crippen molar-refractivity contribution in [1.82, 2.24) is 0 Å². The van der Waals surface area contributed by atoms with Crippen LogP contribution in [0.15, 0.2) is 43.0 Å². The minimum absolute atomic E-state index is 0.0213. The SMILES string of the molecule is C=CC(=O)OCCOC(=O)/C=C/c1ccc(C(C)C)cc1. The van der Waals surface area contributed by atoms with Crippen molar-refractivity contribution in [1.29, 1.82) is 0 Å². The Morgan fingerprint density at radius 1 is 1.10 bits per heavy atom. The molecule has 0 spiro atoms. The molecule has 0 unspecified atom stereocenters. The fourth-order valence-corrected chi connectivity index (χ4v) is 1.55. The van der Waals surface area contributed by atoms with Gasteiger partial charge in [0.15, 0.2) is 0 Å². The zero-order chi connectivity index (χ0) is 15.7. The van der Waals surface area contributed by atoms with E-state index in [4.69, 9.17) is 4.74 Å². The molecule has 0 fully saturated rings. The predicted molar refractivity (Wildman–Crippen MR) is 81.7 cm³/mol. The summed E-state index contributed by atoms with van der Waals surface area (Å²) in [7, 11) is 0. The first-order valence-corrected chi connectivity index (χ1v) is 6.77. The molecule has 0 heterocycles. The van der Waals surface area contributed by atoms with Crippen molar-refractivity contribution in [2.75, 3.05) is 13.2 Å². The first kappa shape index (κ1) is 16.7. The number of carbonyl (C=O) groups excluding carboxylic acids is 2. The standard InChI is InChI=1S/C17H20O4/c1-4-16(18)20-11-12-21-17(19)10-7-14-5-8-15(9-6-14)13(2)3/h4-10,13H,1,11-12H2,2-3H3/b10-7+. The lowest BCUT2D eigenvalue weighted by molar-refractivity contribution is -0.145. The Hall–Kier alpha value is -2.36. The quantitative estimate of drug-likeness (QED) is 0.439. The molecule has 21 heavy (non-hydrogen) atoms. The number of hydrogen-bond acceptors (Lipinski definition) is 4. The Kier molecular flexibility index (Phi) is 6.95. The third-order valence-corrected chi connectivity index (χ3v) is 2.75. The Morgan fingerprint density at radius 2 is 1.67 bits per heavy atom. The zero-order valence-electron chi connectivity index (χ0n) is 12.4. The molecule has 4 heteroatoms. The zero-order valence-corrected chi connectivity index (χ0v) is 12.4. The van der Waals surface area contributed by atoms with Crippen LogP contribution in [-0.2, 0) is 19.1 Å². The fourth-order valence-electron chi connectivity index (χ4n) is 1.55. The fraction of sp³-hybridized carbons (Fsp3) is 0.294. The lowest BCUT2D eigenvalue weighted by Gasteiger charge is -2.04. The molecule has 0 aromatic heterocycles. The summed E-state index contributed by atoms with van der Waals surface area (Å²) in [5.74, 6) is -0.532. The monoisotopic (exact) mass is 288 g/mol. The van der Waals surface area contributed by atoms with E-state index in [1.54, 1.807) is 6.08 Å². The van der Waals surface area contributed by atoms with Crippen LogP contribution in [0.5, 0.6) is 0 Å². The van der Waals surface area contributed by atoms with Gasteiger partial charge in [-0.2, -0.15) is 0 Å². The van der Waals surface area contributed by atoms with Crippen LogP contribution >= 0.6 is 0 Å². The molecule has 0 bridgehead atoms. The van der Waals surface area contributed by atoms with E-state index in [9.17, 15) is 9.59 Å². The van der Waals surface area contributed by atoms with Gasteiger partial charge in [0.1, 0.15) is 13.2 Å². The number of hydrogen-bond donors (Lipinski definition) is 0. The van der Waals surface area contributed by atoms with Crippen molar-refractivity contribution in [2.45, 2.75) is 19.8 Å². The van der Waals surface area contributed by atoms with E-state index >= 15 is 0 Å². The third-order valence-electron chi connectivity index (χ3n) is 2.75. The van der Waals surface area contributed by atoms with Gasteiger partial charge in [0.2, 0.25) is 0 Å². The van der Waals surface area contributed by atoms with Crippen molar-refractivity contribution >= 4 is 18.0 Å². The Labute approximate surface area is 125 Å². The summed E-state index contributed by atoms with van der Waals surface area (Å²) in [5, 5.41) is 0. The molecule has 0 radical (unpaired) electrons. The first-order valence-electron chi connectivity index (χ1n) is 6.77. The Balaban J connectivity index is 2.36. The van der Waals surface area contributed by atoms with Crippen molar-refractivity contribution in [3.05, 3.63) is 54.1 Å². The minimum atomic E-state index is -0.535. The van der Waals surface area contributed by atoms with E-state index in [0.29, 0.717) is 5.92 Å². The topological polar surface area (TPSA) is 52.6 Å². The van der Waals surface area contributed by atoms with Crippen LogP contribution < -0.4 is 0 Å². The Bertz CT molecular complexity index is 512. The van der Waals surface area contributed by atoms with Crippen molar-refractivity contribution in [2.24, 2.45) is 0 Å². The molecule has 112 valence electrons. The number of carbonyl (C=O) groups is 2. The number of benzene rings is 1. The summed E-state index contributed by atoms with van der Waals surface area (Å²) in [5.41, 5.74) is 2.17. The lowest BCUT2D eigenvalue weighted by Crippen LogP contribution is -2.11. The van der Waals surface area contributed by atoms with Crippen LogP contribution in [0, 0.1) is 0 Å². The average molecular weight is 288 g/mol. The predicted octanol–water partition coefficient (Wildman–Crippen LogP) is 3.10. The molecule has 1 aromatic rings. The summed E-state index contributed by atoms with van der Waals surface area (Å²) in [6.07, 6.45) is 4.09. The summed E-state index contributed by atoms with van der Waals surface area (Å²) < 4.78 is 9.56. The highest BCUT2D eigenvalue weighted by atomic mass is 16.6. The van der Waals surface area contributed by atoms with Gasteiger partial charge in [-0.15, -0.1) is 0 Å². The van der Waals surface area contributed by atoms with Crippen LogP contribution in [0.4, 0.5) is 0 Å². The summed E-state index contributed by atoms with van der Waals surface area (Å²) >= 11 is 0. The van der Waals surface area contributed by atoms with Crippen molar-refractivity contribution in [3.8, 4) is 0 Å². The van der Waals surface area contributed by atoms with Gasteiger partial charge in [-0.1, -0.05) is 44.7 Å². The normalized spacial score (nSPS) is 10.6. The summed E-state index contributed by atoms with van der Waals surface area (Å²) in [6.45, 7) is 7.56. The van der Waals surface area contributed by atoms with Crippen LogP contribution in [0.25, 0.3) is 6.08 Å². The van der Waals surface area contributed by atoms with E-state index in [-0.39, 0.29) is 13.2 Å².